The Hall–Kier alpha value is -3.02. The smallest absolute Gasteiger partial charge is 0.260 e. The van der Waals surface area contributed by atoms with Gasteiger partial charge in [0, 0.05) is 35.0 Å². The number of carbonyl (C=O) groups excluding carboxylic acids is 2. The predicted octanol–water partition coefficient (Wildman–Crippen LogP) is 7.01. The number of nitrogens with one attached hydrogen (secondary N) is 1. The number of benzene rings is 3. The lowest BCUT2D eigenvalue weighted by Gasteiger charge is -2.44. The molecule has 0 aromatic heterocycles. The third-order valence-electron chi connectivity index (χ3n) is 7.09. The van der Waals surface area contributed by atoms with Gasteiger partial charge in [-0.05, 0) is 66.8 Å². The number of halogens is 1. The quantitative estimate of drug-likeness (QED) is 0.349. The fraction of sp³-hybridized carbons (Fsp3) is 0.290. The Morgan fingerprint density at radius 2 is 1.78 bits per heavy atom. The first-order valence-electron chi connectivity index (χ1n) is 12.8. The maximum absolute atomic E-state index is 13.7. The molecule has 6 heteroatoms. The van der Waals surface area contributed by atoms with Crippen molar-refractivity contribution in [2.75, 3.05) is 0 Å². The lowest BCUT2D eigenvalue weighted by molar-refractivity contribution is -0.130. The van der Waals surface area contributed by atoms with E-state index in [1.54, 1.807) is 11.8 Å². The monoisotopic (exact) mass is 530 g/mol. The average Bonchev–Trinajstić information content (AvgIpc) is 2.91. The molecule has 1 saturated heterocycles. The van der Waals surface area contributed by atoms with Crippen molar-refractivity contribution in [2.45, 2.75) is 57.0 Å². The molecule has 5 rings (SSSR count). The van der Waals surface area contributed by atoms with Crippen LogP contribution in [0.1, 0.15) is 58.3 Å². The van der Waals surface area contributed by atoms with Crippen LogP contribution in [-0.2, 0) is 17.9 Å². The first-order chi connectivity index (χ1) is 18.0. The van der Waals surface area contributed by atoms with Crippen molar-refractivity contribution in [3.05, 3.63) is 111 Å². The first-order valence-corrected chi connectivity index (χ1v) is 14.1. The zero-order valence-electron chi connectivity index (χ0n) is 21.0. The summed E-state index contributed by atoms with van der Waals surface area (Å²) >= 11 is 7.66. The minimum absolute atomic E-state index is 0.111. The zero-order valence-corrected chi connectivity index (χ0v) is 22.5. The van der Waals surface area contributed by atoms with Gasteiger partial charge in [0.1, 0.15) is 0 Å². The maximum atomic E-state index is 13.7. The third-order valence-corrected chi connectivity index (χ3v) is 8.74. The second kappa shape index (κ2) is 11.6. The summed E-state index contributed by atoms with van der Waals surface area (Å²) in [6, 6.07) is 23.6. The van der Waals surface area contributed by atoms with E-state index in [0.717, 1.165) is 28.9 Å². The molecule has 2 fully saturated rings. The lowest BCUT2D eigenvalue weighted by atomic mass is 9.92. The number of thioether (sulfide) groups is 1. The molecule has 1 N–H and O–H groups in total. The normalized spacial score (nSPS) is 20.5. The highest BCUT2D eigenvalue weighted by Gasteiger charge is 2.40. The van der Waals surface area contributed by atoms with Gasteiger partial charge in [-0.15, -0.1) is 11.8 Å². The molecule has 1 heterocycles. The molecule has 2 atom stereocenters. The summed E-state index contributed by atoms with van der Waals surface area (Å²) in [4.78, 5) is 29.2. The summed E-state index contributed by atoms with van der Waals surface area (Å²) < 4.78 is 0. The molecule has 2 unspecified atom stereocenters. The van der Waals surface area contributed by atoms with E-state index < -0.39 is 0 Å². The largest absolute Gasteiger partial charge is 0.348 e. The first kappa shape index (κ1) is 25.6. The van der Waals surface area contributed by atoms with E-state index >= 15 is 0 Å². The van der Waals surface area contributed by atoms with Crippen LogP contribution in [0.5, 0.6) is 0 Å². The van der Waals surface area contributed by atoms with Crippen molar-refractivity contribution in [1.29, 1.82) is 0 Å². The zero-order chi connectivity index (χ0) is 25.8. The van der Waals surface area contributed by atoms with Crippen LogP contribution >= 0.6 is 23.4 Å². The lowest BCUT2D eigenvalue weighted by Crippen LogP contribution is -2.50. The van der Waals surface area contributed by atoms with Crippen LogP contribution in [0.2, 0.25) is 5.02 Å². The summed E-state index contributed by atoms with van der Waals surface area (Å²) in [6.07, 6.45) is 6.59. The Bertz CT molecular complexity index is 1300. The standard InChI is InChI=1S/C31H31ClN2O2S/c1-21-5-4-6-24(17-21)20-34-27-7-2-3-8-28(27)37-29(31(34)36)18-22-9-13-25(14-10-22)30(35)33-19-23-11-15-26(32)16-12-23/h4-6,9-18,27-28H,2-3,7-8,19-20H2,1H3,(H,33,35)/b29-18+. The highest BCUT2D eigenvalue weighted by molar-refractivity contribution is 8.04. The van der Waals surface area contributed by atoms with Crippen molar-refractivity contribution in [1.82, 2.24) is 10.2 Å². The fourth-order valence-corrected chi connectivity index (χ4v) is 6.74. The molecule has 0 bridgehead atoms. The Morgan fingerprint density at radius 3 is 2.54 bits per heavy atom. The van der Waals surface area contributed by atoms with E-state index in [9.17, 15) is 9.59 Å². The van der Waals surface area contributed by atoms with Crippen molar-refractivity contribution >= 4 is 41.3 Å². The summed E-state index contributed by atoms with van der Waals surface area (Å²) in [7, 11) is 0. The number of hydrogen-bond donors (Lipinski definition) is 1. The average molecular weight is 531 g/mol. The van der Waals surface area contributed by atoms with Crippen molar-refractivity contribution in [2.24, 2.45) is 0 Å². The van der Waals surface area contributed by atoms with Gasteiger partial charge in [0.05, 0.1) is 4.91 Å². The SMILES string of the molecule is Cc1cccc(CN2C(=O)/C(=C\c3ccc(C(=O)NCc4ccc(Cl)cc4)cc3)SC3CCCCC32)c1. The number of amides is 2. The Balaban J connectivity index is 1.29. The van der Waals surface area contributed by atoms with Crippen LogP contribution in [0.4, 0.5) is 0 Å². The number of nitrogens with zero attached hydrogens (tertiary/aromatic N) is 1. The van der Waals surface area contributed by atoms with Gasteiger partial charge in [-0.2, -0.15) is 0 Å². The van der Waals surface area contributed by atoms with Gasteiger partial charge in [0.15, 0.2) is 0 Å². The molecule has 0 radical (unpaired) electrons. The molecule has 3 aromatic rings. The number of hydrogen-bond acceptors (Lipinski definition) is 3. The highest BCUT2D eigenvalue weighted by Crippen LogP contribution is 2.42. The van der Waals surface area contributed by atoms with E-state index in [0.29, 0.717) is 28.9 Å². The molecule has 0 spiro atoms. The molecule has 4 nitrogen and oxygen atoms in total. The molecule has 2 amide bonds. The molecule has 1 saturated carbocycles. The van der Waals surface area contributed by atoms with Crippen LogP contribution in [0.3, 0.4) is 0 Å². The van der Waals surface area contributed by atoms with Crippen LogP contribution < -0.4 is 5.32 Å². The third kappa shape index (κ3) is 6.28. The molecule has 1 aliphatic heterocycles. The Morgan fingerprint density at radius 1 is 1.03 bits per heavy atom. The highest BCUT2D eigenvalue weighted by atomic mass is 35.5. The van der Waals surface area contributed by atoms with Crippen molar-refractivity contribution in [3.63, 3.8) is 0 Å². The van der Waals surface area contributed by atoms with E-state index in [1.807, 2.05) is 54.6 Å². The Labute approximate surface area is 228 Å². The second-order valence-corrected chi connectivity index (χ2v) is 11.6. The van der Waals surface area contributed by atoms with Crippen LogP contribution in [0.15, 0.2) is 77.7 Å². The fourth-order valence-electron chi connectivity index (χ4n) is 5.14. The second-order valence-electron chi connectivity index (χ2n) is 9.87. The van der Waals surface area contributed by atoms with Gasteiger partial charge in [0.2, 0.25) is 0 Å². The van der Waals surface area contributed by atoms with Crippen LogP contribution in [-0.4, -0.2) is 28.0 Å². The summed E-state index contributed by atoms with van der Waals surface area (Å²) in [5.74, 6) is -0.0221. The summed E-state index contributed by atoms with van der Waals surface area (Å²) in [6.45, 7) is 3.17. The van der Waals surface area contributed by atoms with Crippen molar-refractivity contribution in [3.8, 4) is 0 Å². The molecule has 3 aromatic carbocycles. The van der Waals surface area contributed by atoms with E-state index in [-0.39, 0.29) is 17.9 Å². The van der Waals surface area contributed by atoms with Gasteiger partial charge < -0.3 is 10.2 Å². The molecule has 2 aliphatic rings. The van der Waals surface area contributed by atoms with E-state index in [2.05, 4.69) is 41.4 Å². The van der Waals surface area contributed by atoms with Gasteiger partial charge in [0.25, 0.3) is 11.8 Å². The van der Waals surface area contributed by atoms with Crippen molar-refractivity contribution < 1.29 is 9.59 Å². The van der Waals surface area contributed by atoms with Gasteiger partial charge >= 0.3 is 0 Å². The Kier molecular flexibility index (Phi) is 8.02. The van der Waals surface area contributed by atoms with Crippen LogP contribution in [0, 0.1) is 6.92 Å². The predicted molar refractivity (Wildman–Crippen MR) is 152 cm³/mol. The molecular weight excluding hydrogens is 500 g/mol. The van der Waals surface area contributed by atoms with E-state index in [1.165, 1.54) is 24.0 Å². The molecule has 1 aliphatic carbocycles. The number of aryl methyl sites for hydroxylation is 1. The summed E-state index contributed by atoms with van der Waals surface area (Å²) in [5.41, 5.74) is 4.90. The molecular formula is C31H31ClN2O2S. The van der Waals surface area contributed by atoms with E-state index in [4.69, 9.17) is 11.6 Å². The topological polar surface area (TPSA) is 49.4 Å². The maximum Gasteiger partial charge on any atom is 0.260 e. The minimum atomic E-state index is -0.133. The van der Waals surface area contributed by atoms with Gasteiger partial charge in [-0.3, -0.25) is 9.59 Å². The van der Waals surface area contributed by atoms with Crippen LogP contribution in [0.25, 0.3) is 6.08 Å². The van der Waals surface area contributed by atoms with Gasteiger partial charge in [-0.25, -0.2) is 0 Å². The minimum Gasteiger partial charge on any atom is -0.348 e. The molecule has 37 heavy (non-hydrogen) atoms. The molecule has 190 valence electrons. The number of rotatable bonds is 6. The van der Waals surface area contributed by atoms with Gasteiger partial charge in [-0.1, -0.05) is 78.5 Å². The number of fused-ring (bicyclic) bond motifs is 1. The summed E-state index contributed by atoms with van der Waals surface area (Å²) in [5, 5.41) is 4.05. The number of carbonyl (C=O) groups is 2.